The minimum Gasteiger partial charge on any atom is -0.496 e. The summed E-state index contributed by atoms with van der Waals surface area (Å²) in [6.45, 7) is 0. The Bertz CT molecular complexity index is 628. The van der Waals surface area contributed by atoms with E-state index >= 15 is 0 Å². The summed E-state index contributed by atoms with van der Waals surface area (Å²) in [6.07, 6.45) is 1.67. The van der Waals surface area contributed by atoms with Crippen molar-refractivity contribution in [3.05, 3.63) is 23.4 Å². The molecular formula is C14H16N2O4S. The Kier molecular flexibility index (Phi) is 4.32. The lowest BCUT2D eigenvalue weighted by molar-refractivity contribution is -0.121. The second-order valence-electron chi connectivity index (χ2n) is 4.30. The van der Waals surface area contributed by atoms with Crippen LogP contribution < -0.4 is 19.5 Å². The van der Waals surface area contributed by atoms with Crippen molar-refractivity contribution >= 4 is 29.3 Å². The van der Waals surface area contributed by atoms with Crippen LogP contribution in [0.25, 0.3) is 6.08 Å². The Balaban J connectivity index is 2.49. The number of nitrogens with zero attached hydrogens (tertiary/aromatic N) is 1. The summed E-state index contributed by atoms with van der Waals surface area (Å²) >= 11 is 5.04. The first-order chi connectivity index (χ1) is 10.0. The number of ether oxygens (including phenoxy) is 3. The quantitative estimate of drug-likeness (QED) is 0.670. The summed E-state index contributed by atoms with van der Waals surface area (Å²) in [5.74, 6) is 1.47. The van der Waals surface area contributed by atoms with E-state index in [2.05, 4.69) is 5.32 Å². The number of hydrogen-bond donors (Lipinski definition) is 1. The standard InChI is InChI=1S/C14H16N2O4S/c1-16-13(17)9(15-14(16)21)5-8-6-11(19-3)12(20-4)7-10(8)18-2/h5-7H,1-4H3,(H,15,21)/b9-5+. The Morgan fingerprint density at radius 3 is 2.14 bits per heavy atom. The number of hydrogen-bond acceptors (Lipinski definition) is 5. The highest BCUT2D eigenvalue weighted by molar-refractivity contribution is 7.80. The Morgan fingerprint density at radius 1 is 1.10 bits per heavy atom. The molecule has 112 valence electrons. The summed E-state index contributed by atoms with van der Waals surface area (Å²) in [4.78, 5) is 13.4. The predicted octanol–water partition coefficient (Wildman–Crippen LogP) is 1.40. The summed E-state index contributed by atoms with van der Waals surface area (Å²) in [7, 11) is 6.25. The fourth-order valence-corrected chi connectivity index (χ4v) is 2.14. The number of carbonyl (C=O) groups excluding carboxylic acids is 1. The number of rotatable bonds is 4. The fourth-order valence-electron chi connectivity index (χ4n) is 1.94. The monoisotopic (exact) mass is 308 g/mol. The Hall–Kier alpha value is -2.28. The number of benzene rings is 1. The molecular weight excluding hydrogens is 292 g/mol. The number of amides is 1. The molecule has 21 heavy (non-hydrogen) atoms. The maximum atomic E-state index is 12.0. The molecule has 1 saturated heterocycles. The van der Waals surface area contributed by atoms with Gasteiger partial charge in [-0.15, -0.1) is 0 Å². The number of methoxy groups -OCH3 is 3. The van der Waals surface area contributed by atoms with Crippen LogP contribution in [0.2, 0.25) is 0 Å². The van der Waals surface area contributed by atoms with E-state index in [0.717, 1.165) is 0 Å². The fraction of sp³-hybridized carbons (Fsp3) is 0.286. The molecule has 1 aromatic rings. The Morgan fingerprint density at radius 2 is 1.67 bits per heavy atom. The van der Waals surface area contributed by atoms with Crippen LogP contribution in [0.15, 0.2) is 17.8 Å². The minimum atomic E-state index is -0.197. The summed E-state index contributed by atoms with van der Waals surface area (Å²) in [5, 5.41) is 3.23. The molecule has 6 nitrogen and oxygen atoms in total. The van der Waals surface area contributed by atoms with E-state index in [1.54, 1.807) is 46.6 Å². The van der Waals surface area contributed by atoms with Crippen LogP contribution in [-0.4, -0.2) is 44.3 Å². The van der Waals surface area contributed by atoms with Crippen LogP contribution in [0, 0.1) is 0 Å². The summed E-state index contributed by atoms with van der Waals surface area (Å²) in [6, 6.07) is 3.44. The van der Waals surface area contributed by atoms with Gasteiger partial charge < -0.3 is 19.5 Å². The van der Waals surface area contributed by atoms with Gasteiger partial charge in [-0.3, -0.25) is 9.69 Å². The van der Waals surface area contributed by atoms with Gasteiger partial charge in [-0.05, 0) is 24.4 Å². The highest BCUT2D eigenvalue weighted by atomic mass is 32.1. The van der Waals surface area contributed by atoms with Crippen LogP contribution in [0.5, 0.6) is 17.2 Å². The first-order valence-electron chi connectivity index (χ1n) is 6.12. The van der Waals surface area contributed by atoms with E-state index in [0.29, 0.717) is 33.6 Å². The number of carbonyl (C=O) groups is 1. The normalized spacial score (nSPS) is 16.2. The smallest absolute Gasteiger partial charge is 0.276 e. The zero-order valence-corrected chi connectivity index (χ0v) is 13.0. The van der Waals surface area contributed by atoms with Gasteiger partial charge in [0.25, 0.3) is 5.91 Å². The van der Waals surface area contributed by atoms with Crippen LogP contribution in [0.1, 0.15) is 5.56 Å². The average Bonchev–Trinajstić information content (AvgIpc) is 2.74. The molecule has 2 rings (SSSR count). The highest BCUT2D eigenvalue weighted by Crippen LogP contribution is 2.35. The maximum absolute atomic E-state index is 12.0. The molecule has 0 unspecified atom stereocenters. The molecule has 0 atom stereocenters. The molecule has 0 aromatic heterocycles. The second-order valence-corrected chi connectivity index (χ2v) is 4.69. The van der Waals surface area contributed by atoms with Crippen molar-refractivity contribution in [1.82, 2.24) is 10.2 Å². The lowest BCUT2D eigenvalue weighted by Crippen LogP contribution is -2.25. The molecule has 1 fully saturated rings. The van der Waals surface area contributed by atoms with Crippen LogP contribution >= 0.6 is 12.2 Å². The topological polar surface area (TPSA) is 60.0 Å². The van der Waals surface area contributed by atoms with Crippen molar-refractivity contribution in [2.75, 3.05) is 28.4 Å². The van der Waals surface area contributed by atoms with Crippen LogP contribution in [-0.2, 0) is 4.79 Å². The third-order valence-electron chi connectivity index (χ3n) is 3.12. The Labute approximate surface area is 128 Å². The SMILES string of the molecule is COc1cc(OC)c(OC)cc1/C=C1/NC(=S)N(C)C1=O. The van der Waals surface area contributed by atoms with E-state index in [4.69, 9.17) is 26.4 Å². The molecule has 0 aliphatic carbocycles. The van der Waals surface area contributed by atoms with Crippen molar-refractivity contribution in [3.63, 3.8) is 0 Å². The van der Waals surface area contributed by atoms with Gasteiger partial charge in [-0.2, -0.15) is 0 Å². The zero-order valence-electron chi connectivity index (χ0n) is 12.2. The van der Waals surface area contributed by atoms with E-state index in [-0.39, 0.29) is 5.91 Å². The van der Waals surface area contributed by atoms with Gasteiger partial charge in [0.15, 0.2) is 16.6 Å². The lowest BCUT2D eigenvalue weighted by Gasteiger charge is -2.12. The van der Waals surface area contributed by atoms with Crippen molar-refractivity contribution < 1.29 is 19.0 Å². The van der Waals surface area contributed by atoms with Gasteiger partial charge in [0.2, 0.25) is 0 Å². The molecule has 0 radical (unpaired) electrons. The molecule has 1 aliphatic rings. The largest absolute Gasteiger partial charge is 0.496 e. The molecule has 0 saturated carbocycles. The molecule has 0 spiro atoms. The lowest BCUT2D eigenvalue weighted by atomic mass is 10.1. The third-order valence-corrected chi connectivity index (χ3v) is 3.49. The first kappa shape index (κ1) is 15.1. The average molecular weight is 308 g/mol. The van der Waals surface area contributed by atoms with Crippen molar-refractivity contribution in [3.8, 4) is 17.2 Å². The van der Waals surface area contributed by atoms with Gasteiger partial charge in [-0.25, -0.2) is 0 Å². The van der Waals surface area contributed by atoms with E-state index < -0.39 is 0 Å². The summed E-state index contributed by atoms with van der Waals surface area (Å²) in [5.41, 5.74) is 1.07. The van der Waals surface area contributed by atoms with Crippen molar-refractivity contribution in [1.29, 1.82) is 0 Å². The molecule has 7 heteroatoms. The number of nitrogens with one attached hydrogen (secondary N) is 1. The van der Waals surface area contributed by atoms with Gasteiger partial charge in [0.05, 0.1) is 21.3 Å². The molecule has 1 aromatic carbocycles. The summed E-state index contributed by atoms with van der Waals surface area (Å²) < 4.78 is 15.8. The molecule has 1 N–H and O–H groups in total. The minimum absolute atomic E-state index is 0.197. The van der Waals surface area contributed by atoms with E-state index in [9.17, 15) is 4.79 Å². The number of likely N-dealkylation sites (N-methyl/N-ethyl adjacent to an activating group) is 1. The molecule has 1 amide bonds. The number of thiocarbonyl (C=S) groups is 1. The molecule has 0 bridgehead atoms. The van der Waals surface area contributed by atoms with Crippen LogP contribution in [0.4, 0.5) is 0 Å². The van der Waals surface area contributed by atoms with Gasteiger partial charge in [0.1, 0.15) is 11.4 Å². The van der Waals surface area contributed by atoms with Gasteiger partial charge >= 0.3 is 0 Å². The van der Waals surface area contributed by atoms with Crippen LogP contribution in [0.3, 0.4) is 0 Å². The second kappa shape index (κ2) is 6.01. The maximum Gasteiger partial charge on any atom is 0.276 e. The van der Waals surface area contributed by atoms with E-state index in [1.165, 1.54) is 4.90 Å². The highest BCUT2D eigenvalue weighted by Gasteiger charge is 2.27. The zero-order chi connectivity index (χ0) is 15.6. The van der Waals surface area contributed by atoms with Gasteiger partial charge in [-0.1, -0.05) is 0 Å². The molecule has 1 aliphatic heterocycles. The third kappa shape index (κ3) is 2.78. The van der Waals surface area contributed by atoms with E-state index in [1.807, 2.05) is 0 Å². The van der Waals surface area contributed by atoms with Crippen molar-refractivity contribution in [2.24, 2.45) is 0 Å². The predicted molar refractivity (Wildman–Crippen MR) is 82.6 cm³/mol. The first-order valence-corrected chi connectivity index (χ1v) is 6.53. The van der Waals surface area contributed by atoms with Crippen molar-refractivity contribution in [2.45, 2.75) is 0 Å². The van der Waals surface area contributed by atoms with Gasteiger partial charge in [0, 0.05) is 18.7 Å². The molecule has 1 heterocycles.